The van der Waals surface area contributed by atoms with Crippen molar-refractivity contribution in [2.45, 2.75) is 26.3 Å². The Labute approximate surface area is 170 Å². The molecule has 2 N–H and O–H groups in total. The van der Waals surface area contributed by atoms with Crippen LogP contribution in [-0.4, -0.2) is 38.3 Å². The maximum atomic E-state index is 12.7. The number of benzene rings is 2. The third-order valence-electron chi connectivity index (χ3n) is 4.28. The Morgan fingerprint density at radius 2 is 1.68 bits per heavy atom. The van der Waals surface area contributed by atoms with Gasteiger partial charge in [0.1, 0.15) is 15.9 Å². The van der Waals surface area contributed by atoms with E-state index in [1.165, 1.54) is 12.1 Å². The predicted octanol–water partition coefficient (Wildman–Crippen LogP) is 3.13. The summed E-state index contributed by atoms with van der Waals surface area (Å²) in [4.78, 5) is 25.2. The highest BCUT2D eigenvalue weighted by Gasteiger charge is 2.23. The molecule has 2 aromatic carbocycles. The quantitative estimate of drug-likeness (QED) is 0.716. The molecule has 2 aromatic rings. The smallest absolute Gasteiger partial charge is 0.251 e. The second-order valence-electron chi connectivity index (χ2n) is 6.74. The highest BCUT2D eigenvalue weighted by atomic mass is 35.5. The standard InChI is InChI=1S/C20H23ClN2O4S/c1-13-4-9-17(12-14(13)2)22-20(25)18(10-11-28(3,26)27)23-19(24)15-5-7-16(21)8-6-15/h4-9,12,18H,10-11H2,1-3H3,(H,22,25)(H,23,24)/t18-/m0/s1. The van der Waals surface area contributed by atoms with Gasteiger partial charge in [-0.3, -0.25) is 9.59 Å². The normalized spacial score (nSPS) is 12.3. The van der Waals surface area contributed by atoms with E-state index in [0.29, 0.717) is 16.3 Å². The summed E-state index contributed by atoms with van der Waals surface area (Å²) >= 11 is 5.82. The molecule has 6 nitrogen and oxygen atoms in total. The van der Waals surface area contributed by atoms with Gasteiger partial charge < -0.3 is 10.6 Å². The molecular weight excluding hydrogens is 400 g/mol. The molecule has 0 saturated heterocycles. The lowest BCUT2D eigenvalue weighted by atomic mass is 10.1. The number of carbonyl (C=O) groups excluding carboxylic acids is 2. The molecule has 8 heteroatoms. The molecule has 0 fully saturated rings. The second-order valence-corrected chi connectivity index (χ2v) is 9.44. The van der Waals surface area contributed by atoms with Crippen LogP contribution in [0.1, 0.15) is 27.9 Å². The number of amides is 2. The largest absolute Gasteiger partial charge is 0.340 e. The molecule has 0 bridgehead atoms. The Morgan fingerprint density at radius 3 is 2.25 bits per heavy atom. The Bertz CT molecular complexity index is 972. The maximum Gasteiger partial charge on any atom is 0.251 e. The van der Waals surface area contributed by atoms with Crippen molar-refractivity contribution in [2.75, 3.05) is 17.3 Å². The first-order chi connectivity index (χ1) is 13.0. The summed E-state index contributed by atoms with van der Waals surface area (Å²) in [6, 6.07) is 10.7. The number of aryl methyl sites for hydroxylation is 2. The second kappa shape index (κ2) is 9.21. The van der Waals surface area contributed by atoms with Crippen molar-refractivity contribution in [1.29, 1.82) is 0 Å². The van der Waals surface area contributed by atoms with Crippen molar-refractivity contribution in [3.05, 3.63) is 64.2 Å². The van der Waals surface area contributed by atoms with Crippen LogP contribution in [0.5, 0.6) is 0 Å². The Morgan fingerprint density at radius 1 is 1.04 bits per heavy atom. The van der Waals surface area contributed by atoms with Gasteiger partial charge in [0.25, 0.3) is 5.91 Å². The van der Waals surface area contributed by atoms with Gasteiger partial charge in [-0.05, 0) is 67.8 Å². The van der Waals surface area contributed by atoms with Crippen LogP contribution in [0.25, 0.3) is 0 Å². The molecule has 0 spiro atoms. The average molecular weight is 423 g/mol. The summed E-state index contributed by atoms with van der Waals surface area (Å²) in [6.07, 6.45) is 1.06. The maximum absolute atomic E-state index is 12.7. The highest BCUT2D eigenvalue weighted by Crippen LogP contribution is 2.15. The van der Waals surface area contributed by atoms with E-state index in [1.807, 2.05) is 26.0 Å². The third-order valence-corrected chi connectivity index (χ3v) is 5.51. The molecule has 2 rings (SSSR count). The molecule has 0 aliphatic rings. The number of rotatable bonds is 7. The summed E-state index contributed by atoms with van der Waals surface area (Å²) in [5.74, 6) is -1.18. The van der Waals surface area contributed by atoms with Crippen LogP contribution in [0, 0.1) is 13.8 Å². The summed E-state index contributed by atoms with van der Waals surface area (Å²) < 4.78 is 23.1. The van der Waals surface area contributed by atoms with E-state index in [-0.39, 0.29) is 12.2 Å². The van der Waals surface area contributed by atoms with Gasteiger partial charge in [-0.1, -0.05) is 17.7 Å². The molecule has 0 unspecified atom stereocenters. The Hall–Kier alpha value is -2.38. The van der Waals surface area contributed by atoms with Crippen LogP contribution < -0.4 is 10.6 Å². The summed E-state index contributed by atoms with van der Waals surface area (Å²) in [5, 5.41) is 5.84. The van der Waals surface area contributed by atoms with E-state index < -0.39 is 27.7 Å². The molecule has 0 aliphatic heterocycles. The molecule has 150 valence electrons. The monoisotopic (exact) mass is 422 g/mol. The first-order valence-electron chi connectivity index (χ1n) is 8.67. The van der Waals surface area contributed by atoms with E-state index in [0.717, 1.165) is 17.4 Å². The van der Waals surface area contributed by atoms with Crippen molar-refractivity contribution in [1.82, 2.24) is 5.32 Å². The van der Waals surface area contributed by atoms with E-state index in [1.54, 1.807) is 18.2 Å². The molecule has 2 amide bonds. The van der Waals surface area contributed by atoms with Crippen molar-refractivity contribution >= 4 is 38.9 Å². The Balaban J connectivity index is 2.17. The topological polar surface area (TPSA) is 92.3 Å². The zero-order valence-corrected chi connectivity index (χ0v) is 17.5. The fourth-order valence-corrected chi connectivity index (χ4v) is 3.28. The summed E-state index contributed by atoms with van der Waals surface area (Å²) in [5.41, 5.74) is 3.00. The lowest BCUT2D eigenvalue weighted by molar-refractivity contribution is -0.118. The molecule has 0 heterocycles. The van der Waals surface area contributed by atoms with Gasteiger partial charge in [0.15, 0.2) is 0 Å². The van der Waals surface area contributed by atoms with Gasteiger partial charge in [0.05, 0.1) is 5.75 Å². The molecule has 0 aliphatic carbocycles. The fraction of sp³-hybridized carbons (Fsp3) is 0.300. The zero-order chi connectivity index (χ0) is 20.9. The molecule has 28 heavy (non-hydrogen) atoms. The lowest BCUT2D eigenvalue weighted by Gasteiger charge is -2.19. The third kappa shape index (κ3) is 6.65. The summed E-state index contributed by atoms with van der Waals surface area (Å²) in [7, 11) is -3.29. The highest BCUT2D eigenvalue weighted by molar-refractivity contribution is 7.90. The van der Waals surface area contributed by atoms with Crippen LogP contribution in [-0.2, 0) is 14.6 Å². The number of hydrogen-bond donors (Lipinski definition) is 2. The van der Waals surface area contributed by atoms with Gasteiger partial charge in [-0.15, -0.1) is 0 Å². The van der Waals surface area contributed by atoms with E-state index >= 15 is 0 Å². The van der Waals surface area contributed by atoms with Gasteiger partial charge in [-0.25, -0.2) is 8.42 Å². The Kier molecular flexibility index (Phi) is 7.21. The van der Waals surface area contributed by atoms with Crippen LogP contribution >= 0.6 is 11.6 Å². The number of sulfone groups is 1. The first-order valence-corrected chi connectivity index (χ1v) is 11.1. The van der Waals surface area contributed by atoms with Crippen LogP contribution in [0.15, 0.2) is 42.5 Å². The SMILES string of the molecule is Cc1ccc(NC(=O)[C@H](CCS(C)(=O)=O)NC(=O)c2ccc(Cl)cc2)cc1C. The van der Waals surface area contributed by atoms with Crippen LogP contribution in [0.4, 0.5) is 5.69 Å². The van der Waals surface area contributed by atoms with Crippen LogP contribution in [0.2, 0.25) is 5.02 Å². The number of halogens is 1. The summed E-state index contributed by atoms with van der Waals surface area (Å²) in [6.45, 7) is 3.89. The number of carbonyl (C=O) groups is 2. The van der Waals surface area contributed by atoms with Gasteiger partial charge in [0.2, 0.25) is 5.91 Å². The minimum atomic E-state index is -3.29. The van der Waals surface area contributed by atoms with Crippen molar-refractivity contribution in [2.24, 2.45) is 0 Å². The zero-order valence-electron chi connectivity index (χ0n) is 16.0. The number of anilines is 1. The minimum absolute atomic E-state index is 0.0329. The molecule has 0 aromatic heterocycles. The molecule has 0 saturated carbocycles. The van der Waals surface area contributed by atoms with E-state index in [9.17, 15) is 18.0 Å². The van der Waals surface area contributed by atoms with Gasteiger partial charge in [0, 0.05) is 22.5 Å². The number of nitrogens with one attached hydrogen (secondary N) is 2. The van der Waals surface area contributed by atoms with Gasteiger partial charge >= 0.3 is 0 Å². The van der Waals surface area contributed by atoms with Crippen molar-refractivity contribution in [3.8, 4) is 0 Å². The fourth-order valence-electron chi connectivity index (χ4n) is 2.49. The average Bonchev–Trinajstić information content (AvgIpc) is 2.61. The number of hydrogen-bond acceptors (Lipinski definition) is 4. The van der Waals surface area contributed by atoms with Crippen molar-refractivity contribution in [3.63, 3.8) is 0 Å². The molecule has 1 atom stereocenters. The van der Waals surface area contributed by atoms with E-state index in [2.05, 4.69) is 10.6 Å². The molecular formula is C20H23ClN2O4S. The van der Waals surface area contributed by atoms with Crippen LogP contribution in [0.3, 0.4) is 0 Å². The lowest BCUT2D eigenvalue weighted by Crippen LogP contribution is -2.44. The minimum Gasteiger partial charge on any atom is -0.340 e. The predicted molar refractivity (Wildman–Crippen MR) is 112 cm³/mol. The van der Waals surface area contributed by atoms with Crippen molar-refractivity contribution < 1.29 is 18.0 Å². The van der Waals surface area contributed by atoms with E-state index in [4.69, 9.17) is 11.6 Å². The van der Waals surface area contributed by atoms with Gasteiger partial charge in [-0.2, -0.15) is 0 Å². The first kappa shape index (κ1) is 21.9. The molecule has 0 radical (unpaired) electrons.